The molecular weight excluding hydrogens is 266 g/mol. The SMILES string of the molecule is Cn1cc(CCNC(=O)c2c[nH]c3cc(N)ccc23)cn1. The van der Waals surface area contributed by atoms with Crippen molar-refractivity contribution in [3.05, 3.63) is 47.9 Å². The predicted octanol–water partition coefficient (Wildman–Crippen LogP) is 1.46. The number of benzene rings is 1. The van der Waals surface area contributed by atoms with E-state index in [1.54, 1.807) is 23.1 Å². The number of anilines is 1. The lowest BCUT2D eigenvalue weighted by Gasteiger charge is -2.03. The van der Waals surface area contributed by atoms with Crippen LogP contribution in [-0.2, 0) is 13.5 Å². The van der Waals surface area contributed by atoms with Crippen LogP contribution in [0.15, 0.2) is 36.8 Å². The summed E-state index contributed by atoms with van der Waals surface area (Å²) in [5.41, 5.74) is 9.01. The highest BCUT2D eigenvalue weighted by molar-refractivity contribution is 6.07. The van der Waals surface area contributed by atoms with E-state index in [9.17, 15) is 4.79 Å². The van der Waals surface area contributed by atoms with Gasteiger partial charge in [0.2, 0.25) is 0 Å². The number of hydrogen-bond acceptors (Lipinski definition) is 3. The van der Waals surface area contributed by atoms with Crippen molar-refractivity contribution < 1.29 is 4.79 Å². The van der Waals surface area contributed by atoms with E-state index < -0.39 is 0 Å². The molecule has 4 N–H and O–H groups in total. The number of nitrogens with two attached hydrogens (primary N) is 1. The zero-order valence-electron chi connectivity index (χ0n) is 11.8. The minimum absolute atomic E-state index is 0.0880. The summed E-state index contributed by atoms with van der Waals surface area (Å²) >= 11 is 0. The second-order valence-corrected chi connectivity index (χ2v) is 5.04. The van der Waals surface area contributed by atoms with Crippen molar-refractivity contribution >= 4 is 22.5 Å². The van der Waals surface area contributed by atoms with E-state index in [-0.39, 0.29) is 5.91 Å². The molecule has 3 rings (SSSR count). The van der Waals surface area contributed by atoms with Gasteiger partial charge in [-0.2, -0.15) is 5.10 Å². The van der Waals surface area contributed by atoms with Gasteiger partial charge in [-0.25, -0.2) is 0 Å². The number of fused-ring (bicyclic) bond motifs is 1. The molecule has 108 valence electrons. The van der Waals surface area contributed by atoms with Gasteiger partial charge in [0, 0.05) is 42.6 Å². The monoisotopic (exact) mass is 283 g/mol. The number of H-pyrrole nitrogens is 1. The van der Waals surface area contributed by atoms with E-state index in [4.69, 9.17) is 5.73 Å². The molecule has 0 radical (unpaired) electrons. The van der Waals surface area contributed by atoms with Gasteiger partial charge in [0.25, 0.3) is 5.91 Å². The zero-order chi connectivity index (χ0) is 14.8. The molecular formula is C15H17N5O. The minimum Gasteiger partial charge on any atom is -0.399 e. The van der Waals surface area contributed by atoms with Crippen molar-refractivity contribution in [1.29, 1.82) is 0 Å². The topological polar surface area (TPSA) is 88.7 Å². The molecule has 0 bridgehead atoms. The van der Waals surface area contributed by atoms with Crippen LogP contribution in [0.4, 0.5) is 5.69 Å². The van der Waals surface area contributed by atoms with Crippen molar-refractivity contribution in [3.63, 3.8) is 0 Å². The maximum atomic E-state index is 12.2. The van der Waals surface area contributed by atoms with Gasteiger partial charge < -0.3 is 16.0 Å². The highest BCUT2D eigenvalue weighted by Crippen LogP contribution is 2.20. The van der Waals surface area contributed by atoms with Crippen molar-refractivity contribution in [2.75, 3.05) is 12.3 Å². The van der Waals surface area contributed by atoms with Crippen molar-refractivity contribution in [2.24, 2.45) is 7.05 Å². The summed E-state index contributed by atoms with van der Waals surface area (Å²) < 4.78 is 1.75. The Balaban J connectivity index is 1.66. The summed E-state index contributed by atoms with van der Waals surface area (Å²) in [4.78, 5) is 15.3. The second-order valence-electron chi connectivity index (χ2n) is 5.04. The van der Waals surface area contributed by atoms with E-state index in [0.717, 1.165) is 22.9 Å². The van der Waals surface area contributed by atoms with Gasteiger partial charge in [-0.1, -0.05) is 0 Å². The van der Waals surface area contributed by atoms with Gasteiger partial charge in [0.1, 0.15) is 0 Å². The Bertz CT molecular complexity index is 786. The Kier molecular flexibility index (Phi) is 3.35. The Labute approximate surface area is 121 Å². The second kappa shape index (κ2) is 5.32. The van der Waals surface area contributed by atoms with Gasteiger partial charge in [0.05, 0.1) is 11.8 Å². The number of amides is 1. The Morgan fingerprint density at radius 1 is 1.48 bits per heavy atom. The Morgan fingerprint density at radius 2 is 2.33 bits per heavy atom. The van der Waals surface area contributed by atoms with Crippen LogP contribution in [0.1, 0.15) is 15.9 Å². The number of hydrogen-bond donors (Lipinski definition) is 3. The normalized spacial score (nSPS) is 10.9. The molecule has 0 aliphatic rings. The first kappa shape index (κ1) is 13.2. The van der Waals surface area contributed by atoms with E-state index in [1.807, 2.05) is 25.4 Å². The third-order valence-corrected chi connectivity index (χ3v) is 3.41. The van der Waals surface area contributed by atoms with Crippen molar-refractivity contribution in [2.45, 2.75) is 6.42 Å². The average molecular weight is 283 g/mol. The lowest BCUT2D eigenvalue weighted by atomic mass is 10.1. The van der Waals surface area contributed by atoms with Gasteiger partial charge >= 0.3 is 0 Å². The van der Waals surface area contributed by atoms with Gasteiger partial charge in [0.15, 0.2) is 0 Å². The van der Waals surface area contributed by atoms with E-state index in [0.29, 0.717) is 17.8 Å². The lowest BCUT2D eigenvalue weighted by molar-refractivity contribution is 0.0956. The third kappa shape index (κ3) is 2.74. The highest BCUT2D eigenvalue weighted by atomic mass is 16.1. The first-order valence-electron chi connectivity index (χ1n) is 6.76. The fourth-order valence-corrected chi connectivity index (χ4v) is 2.35. The molecule has 2 heterocycles. The summed E-state index contributed by atoms with van der Waals surface area (Å²) in [5.74, 6) is -0.0880. The molecule has 0 atom stereocenters. The number of aryl methyl sites for hydroxylation is 1. The molecule has 21 heavy (non-hydrogen) atoms. The van der Waals surface area contributed by atoms with Crippen LogP contribution in [0.3, 0.4) is 0 Å². The fraction of sp³-hybridized carbons (Fsp3) is 0.200. The number of aromatic amines is 1. The summed E-state index contributed by atoms with van der Waals surface area (Å²) in [5, 5.41) is 7.90. The van der Waals surface area contributed by atoms with E-state index >= 15 is 0 Å². The summed E-state index contributed by atoms with van der Waals surface area (Å²) in [7, 11) is 1.87. The van der Waals surface area contributed by atoms with E-state index in [2.05, 4.69) is 15.4 Å². The fourth-order valence-electron chi connectivity index (χ4n) is 2.35. The van der Waals surface area contributed by atoms with Crippen molar-refractivity contribution in [1.82, 2.24) is 20.1 Å². The standard InChI is InChI=1S/C15H17N5O/c1-20-9-10(7-19-20)4-5-17-15(21)13-8-18-14-6-11(16)2-3-12(13)14/h2-3,6-9,18H,4-5,16H2,1H3,(H,17,21). The number of nitrogens with zero attached hydrogens (tertiary/aromatic N) is 2. The van der Waals surface area contributed by atoms with Crippen LogP contribution < -0.4 is 11.1 Å². The molecule has 2 aromatic heterocycles. The molecule has 0 saturated carbocycles. The number of rotatable bonds is 4. The van der Waals surface area contributed by atoms with Crippen molar-refractivity contribution in [3.8, 4) is 0 Å². The Morgan fingerprint density at radius 3 is 3.10 bits per heavy atom. The molecule has 1 aromatic carbocycles. The maximum absolute atomic E-state index is 12.2. The summed E-state index contributed by atoms with van der Waals surface area (Å²) in [6.45, 7) is 0.576. The smallest absolute Gasteiger partial charge is 0.253 e. The van der Waals surface area contributed by atoms with Crippen LogP contribution in [0, 0.1) is 0 Å². The number of nitrogen functional groups attached to an aromatic ring is 1. The van der Waals surface area contributed by atoms with Crippen LogP contribution >= 0.6 is 0 Å². The molecule has 0 aliphatic heterocycles. The molecule has 3 aromatic rings. The minimum atomic E-state index is -0.0880. The molecule has 6 nitrogen and oxygen atoms in total. The van der Waals surface area contributed by atoms with Gasteiger partial charge in [-0.15, -0.1) is 0 Å². The van der Waals surface area contributed by atoms with Gasteiger partial charge in [-0.3, -0.25) is 9.48 Å². The average Bonchev–Trinajstić information content (AvgIpc) is 3.04. The molecule has 0 spiro atoms. The summed E-state index contributed by atoms with van der Waals surface area (Å²) in [6, 6.07) is 5.47. The molecule has 1 amide bonds. The number of carbonyl (C=O) groups is 1. The predicted molar refractivity (Wildman–Crippen MR) is 82.0 cm³/mol. The molecule has 6 heteroatoms. The highest BCUT2D eigenvalue weighted by Gasteiger charge is 2.11. The van der Waals surface area contributed by atoms with Crippen LogP contribution in [0.5, 0.6) is 0 Å². The quantitative estimate of drug-likeness (QED) is 0.633. The first-order chi connectivity index (χ1) is 10.1. The molecule has 0 unspecified atom stereocenters. The molecule has 0 aliphatic carbocycles. The number of nitrogens with one attached hydrogen (secondary N) is 2. The largest absolute Gasteiger partial charge is 0.399 e. The van der Waals surface area contributed by atoms with Crippen LogP contribution in [0.25, 0.3) is 10.9 Å². The summed E-state index contributed by atoms with van der Waals surface area (Å²) in [6.07, 6.45) is 6.22. The van der Waals surface area contributed by atoms with E-state index in [1.165, 1.54) is 0 Å². The van der Waals surface area contributed by atoms with Crippen LogP contribution in [0.2, 0.25) is 0 Å². The zero-order valence-corrected chi connectivity index (χ0v) is 11.8. The first-order valence-corrected chi connectivity index (χ1v) is 6.76. The van der Waals surface area contributed by atoms with Crippen LogP contribution in [-0.4, -0.2) is 27.2 Å². The van der Waals surface area contributed by atoms with Gasteiger partial charge in [-0.05, 0) is 30.2 Å². The number of aromatic nitrogens is 3. The lowest BCUT2D eigenvalue weighted by Crippen LogP contribution is -2.25. The molecule has 0 saturated heterocycles. The number of carbonyl (C=O) groups excluding carboxylic acids is 1. The third-order valence-electron chi connectivity index (χ3n) is 3.41. The Hall–Kier alpha value is -2.76. The maximum Gasteiger partial charge on any atom is 0.253 e. The molecule has 0 fully saturated rings.